The Bertz CT molecular complexity index is 1100. The highest BCUT2D eigenvalue weighted by Crippen LogP contribution is 2.13. The van der Waals surface area contributed by atoms with Crippen LogP contribution < -0.4 is 17.0 Å². The number of benzene rings is 2. The lowest BCUT2D eigenvalue weighted by Crippen LogP contribution is -2.35. The van der Waals surface area contributed by atoms with Crippen molar-refractivity contribution in [3.8, 4) is 0 Å². The van der Waals surface area contributed by atoms with Crippen LogP contribution >= 0.6 is 0 Å². The Kier molecular flexibility index (Phi) is 4.22. The van der Waals surface area contributed by atoms with Crippen molar-refractivity contribution in [3.63, 3.8) is 0 Å². The maximum absolute atomic E-state index is 13.7. The maximum Gasteiger partial charge on any atom is 0.328 e. The van der Waals surface area contributed by atoms with Gasteiger partial charge in [0.2, 0.25) is 5.91 Å². The fraction of sp³-hybridized carbons (Fsp3) is 0.167. The molecule has 2 aromatic carbocycles. The van der Waals surface area contributed by atoms with E-state index in [0.29, 0.717) is 23.1 Å². The van der Waals surface area contributed by atoms with Gasteiger partial charge in [-0.2, -0.15) is 0 Å². The number of nitrogens with zero attached hydrogens (tertiary/aromatic N) is 1. The second kappa shape index (κ2) is 6.35. The number of hydrogen-bond donors (Lipinski definition) is 2. The van der Waals surface area contributed by atoms with Crippen molar-refractivity contribution in [1.29, 1.82) is 0 Å². The van der Waals surface area contributed by atoms with E-state index in [1.165, 1.54) is 6.07 Å². The molecule has 3 rings (SSSR count). The highest BCUT2D eigenvalue weighted by Gasteiger charge is 2.11. The minimum Gasteiger partial charge on any atom is -0.366 e. The van der Waals surface area contributed by atoms with E-state index in [2.05, 4.69) is 4.98 Å². The molecule has 6 nitrogen and oxygen atoms in total. The second-order valence-electron chi connectivity index (χ2n) is 5.85. The Labute approximate surface area is 141 Å². The highest BCUT2D eigenvalue weighted by atomic mass is 19.1. The monoisotopic (exact) mass is 341 g/mol. The van der Waals surface area contributed by atoms with Gasteiger partial charge in [-0.05, 0) is 48.7 Å². The Hall–Kier alpha value is -3.22. The number of nitrogens with two attached hydrogens (primary N) is 1. The van der Waals surface area contributed by atoms with Crippen LogP contribution in [0.3, 0.4) is 0 Å². The highest BCUT2D eigenvalue weighted by molar-refractivity contribution is 5.92. The third-order valence-electron chi connectivity index (χ3n) is 4.10. The molecular formula is C18H16FN3O3. The first-order valence-electron chi connectivity index (χ1n) is 7.68. The molecule has 0 unspecified atom stereocenters. The molecule has 0 atom stereocenters. The minimum absolute atomic E-state index is 0.0990. The Morgan fingerprint density at radius 2 is 2.00 bits per heavy atom. The van der Waals surface area contributed by atoms with Gasteiger partial charge in [0, 0.05) is 12.1 Å². The van der Waals surface area contributed by atoms with Gasteiger partial charge in [-0.15, -0.1) is 0 Å². The number of rotatable bonds is 4. The number of hydrogen-bond acceptors (Lipinski definition) is 3. The number of carbonyl (C=O) groups excluding carboxylic acids is 1. The number of fused-ring (bicyclic) bond motifs is 1. The van der Waals surface area contributed by atoms with E-state index in [9.17, 15) is 18.8 Å². The van der Waals surface area contributed by atoms with Crippen LogP contribution in [0.5, 0.6) is 0 Å². The van der Waals surface area contributed by atoms with Crippen molar-refractivity contribution >= 4 is 16.8 Å². The number of H-pyrrole nitrogens is 1. The molecule has 0 radical (unpaired) electrons. The van der Waals surface area contributed by atoms with Crippen LogP contribution in [-0.4, -0.2) is 15.5 Å². The van der Waals surface area contributed by atoms with Gasteiger partial charge in [-0.3, -0.25) is 14.2 Å². The maximum atomic E-state index is 13.7. The van der Waals surface area contributed by atoms with E-state index in [4.69, 9.17) is 5.73 Å². The topological polar surface area (TPSA) is 97.9 Å². The van der Waals surface area contributed by atoms with E-state index in [1.807, 2.05) is 0 Å². The molecule has 128 valence electrons. The van der Waals surface area contributed by atoms with Gasteiger partial charge in [0.25, 0.3) is 5.56 Å². The number of amides is 1. The van der Waals surface area contributed by atoms with Gasteiger partial charge in [0.15, 0.2) is 0 Å². The van der Waals surface area contributed by atoms with Crippen molar-refractivity contribution in [2.24, 2.45) is 5.73 Å². The average Bonchev–Trinajstić information content (AvgIpc) is 2.57. The number of primary amides is 1. The summed E-state index contributed by atoms with van der Waals surface area (Å²) in [6.45, 7) is 1.66. The molecule has 0 aliphatic rings. The molecule has 7 heteroatoms. The quantitative estimate of drug-likeness (QED) is 0.752. The number of aryl methyl sites for hydroxylation is 2. The molecule has 0 spiro atoms. The van der Waals surface area contributed by atoms with Crippen LogP contribution in [0.2, 0.25) is 0 Å². The fourth-order valence-electron chi connectivity index (χ4n) is 2.71. The molecule has 0 saturated heterocycles. The van der Waals surface area contributed by atoms with E-state index < -0.39 is 23.0 Å². The van der Waals surface area contributed by atoms with E-state index in [1.54, 1.807) is 31.2 Å². The van der Waals surface area contributed by atoms with E-state index in [0.717, 1.165) is 16.2 Å². The van der Waals surface area contributed by atoms with Crippen molar-refractivity contribution < 1.29 is 9.18 Å². The molecule has 1 aromatic heterocycles. The summed E-state index contributed by atoms with van der Waals surface area (Å²) in [5.74, 6) is -1.05. The fourth-order valence-corrected chi connectivity index (χ4v) is 2.71. The number of aromatic amines is 1. The van der Waals surface area contributed by atoms with Gasteiger partial charge in [0.05, 0.1) is 10.9 Å². The number of aromatic nitrogens is 2. The van der Waals surface area contributed by atoms with Gasteiger partial charge >= 0.3 is 5.69 Å². The smallest absolute Gasteiger partial charge is 0.328 e. The summed E-state index contributed by atoms with van der Waals surface area (Å²) in [6.07, 6.45) is 0.351. The zero-order valence-corrected chi connectivity index (χ0v) is 13.5. The van der Waals surface area contributed by atoms with Crippen molar-refractivity contribution in [1.82, 2.24) is 9.55 Å². The van der Waals surface area contributed by atoms with Gasteiger partial charge in [-0.1, -0.05) is 12.1 Å². The summed E-state index contributed by atoms with van der Waals surface area (Å²) in [7, 11) is 0. The van der Waals surface area contributed by atoms with Crippen LogP contribution in [0, 0.1) is 12.7 Å². The molecule has 1 amide bonds. The first-order valence-corrected chi connectivity index (χ1v) is 7.68. The summed E-state index contributed by atoms with van der Waals surface area (Å²) in [5, 5.41) is 0.119. The predicted molar refractivity (Wildman–Crippen MR) is 92.2 cm³/mol. The zero-order valence-electron chi connectivity index (χ0n) is 13.5. The summed E-state index contributed by atoms with van der Waals surface area (Å²) >= 11 is 0. The van der Waals surface area contributed by atoms with E-state index in [-0.39, 0.29) is 11.9 Å². The molecule has 3 aromatic rings. The van der Waals surface area contributed by atoms with Gasteiger partial charge < -0.3 is 10.7 Å². The molecule has 0 aliphatic carbocycles. The van der Waals surface area contributed by atoms with Gasteiger partial charge in [0.1, 0.15) is 5.82 Å². The lowest BCUT2D eigenvalue weighted by atomic mass is 10.1. The number of nitrogens with one attached hydrogen (secondary N) is 1. The van der Waals surface area contributed by atoms with Crippen molar-refractivity contribution in [3.05, 3.63) is 79.7 Å². The summed E-state index contributed by atoms with van der Waals surface area (Å²) in [4.78, 5) is 38.5. The summed E-state index contributed by atoms with van der Waals surface area (Å²) < 4.78 is 14.8. The molecule has 0 bridgehead atoms. The predicted octanol–water partition coefficient (Wildman–Crippen LogP) is 1.48. The first-order chi connectivity index (χ1) is 11.9. The summed E-state index contributed by atoms with van der Waals surface area (Å²) in [6, 6.07) is 9.23. The van der Waals surface area contributed by atoms with Crippen LogP contribution in [0.1, 0.15) is 21.5 Å². The SMILES string of the molecule is Cc1cc2[nH]c(=O)n(CCc3cccc(C(N)=O)c3)c(=O)c2cc1F. The second-order valence-corrected chi connectivity index (χ2v) is 5.85. The molecular weight excluding hydrogens is 325 g/mol. The lowest BCUT2D eigenvalue weighted by Gasteiger charge is -2.08. The normalized spacial score (nSPS) is 11.0. The van der Waals surface area contributed by atoms with Gasteiger partial charge in [-0.25, -0.2) is 9.18 Å². The standard InChI is InChI=1S/C18H16FN3O3/c1-10-7-15-13(9-14(10)19)17(24)22(18(25)21-15)6-5-11-3-2-4-12(8-11)16(20)23/h2-4,7-9H,5-6H2,1H3,(H2,20,23)(H,21,25). The Balaban J connectivity index is 1.98. The van der Waals surface area contributed by atoms with Crippen LogP contribution in [0.15, 0.2) is 46.0 Å². The Morgan fingerprint density at radius 3 is 2.72 bits per heavy atom. The number of carbonyl (C=O) groups is 1. The zero-order chi connectivity index (χ0) is 18.1. The first kappa shape index (κ1) is 16.6. The minimum atomic E-state index is -0.561. The van der Waals surface area contributed by atoms with Crippen molar-refractivity contribution in [2.75, 3.05) is 0 Å². The van der Waals surface area contributed by atoms with Crippen LogP contribution in [0.25, 0.3) is 10.9 Å². The average molecular weight is 341 g/mol. The molecule has 0 fully saturated rings. The molecule has 0 saturated carbocycles. The molecule has 25 heavy (non-hydrogen) atoms. The molecule has 3 N–H and O–H groups in total. The Morgan fingerprint density at radius 1 is 1.24 bits per heavy atom. The third-order valence-corrected chi connectivity index (χ3v) is 4.10. The summed E-state index contributed by atoms with van der Waals surface area (Å²) in [5.41, 5.74) is 5.90. The van der Waals surface area contributed by atoms with Crippen LogP contribution in [-0.2, 0) is 13.0 Å². The lowest BCUT2D eigenvalue weighted by molar-refractivity contribution is 0.1000. The third kappa shape index (κ3) is 3.21. The molecule has 1 heterocycles. The van der Waals surface area contributed by atoms with E-state index >= 15 is 0 Å². The van der Waals surface area contributed by atoms with Crippen molar-refractivity contribution in [2.45, 2.75) is 19.9 Å². The largest absolute Gasteiger partial charge is 0.366 e. The molecule has 0 aliphatic heterocycles. The number of halogens is 1. The van der Waals surface area contributed by atoms with Crippen LogP contribution in [0.4, 0.5) is 4.39 Å².